The van der Waals surface area contributed by atoms with Crippen LogP contribution < -0.4 is 4.90 Å². The smallest absolute Gasteiger partial charge is 0.412 e. The first-order chi connectivity index (χ1) is 17.4. The van der Waals surface area contributed by atoms with Gasteiger partial charge in [0.25, 0.3) is 0 Å². The predicted octanol–water partition coefficient (Wildman–Crippen LogP) is 6.11. The van der Waals surface area contributed by atoms with Crippen molar-refractivity contribution in [2.24, 2.45) is 5.92 Å². The number of carbonyl (C=O) groups excluding carboxylic acids is 1. The van der Waals surface area contributed by atoms with Gasteiger partial charge in [0.2, 0.25) is 0 Å². The monoisotopic (exact) mass is 489 g/mol. The molecule has 190 valence electrons. The van der Waals surface area contributed by atoms with Crippen LogP contribution in [0, 0.1) is 5.92 Å². The van der Waals surface area contributed by atoms with Gasteiger partial charge in [-0.25, -0.2) is 9.78 Å². The van der Waals surface area contributed by atoms with E-state index in [-0.39, 0.29) is 29.9 Å². The van der Waals surface area contributed by atoms with E-state index in [0.717, 1.165) is 73.1 Å². The SMILES string of the molecule is COC(=O)C1CCC(n2c(C(C)Cc3ccccc3)nc3c4c(ccc32)N(C(=O)O)[C@@H](C)CC4)CC1. The van der Waals surface area contributed by atoms with Crippen molar-refractivity contribution < 1.29 is 19.4 Å². The summed E-state index contributed by atoms with van der Waals surface area (Å²) in [6.07, 6.45) is 4.96. The minimum atomic E-state index is -0.916. The molecule has 0 radical (unpaired) electrons. The van der Waals surface area contributed by atoms with E-state index >= 15 is 0 Å². The molecule has 5 rings (SSSR count). The number of rotatable bonds is 5. The number of benzene rings is 2. The second-order valence-electron chi connectivity index (χ2n) is 10.4. The first-order valence-electron chi connectivity index (χ1n) is 13.1. The molecule has 2 atom stereocenters. The van der Waals surface area contributed by atoms with Crippen molar-refractivity contribution >= 4 is 28.8 Å². The van der Waals surface area contributed by atoms with Crippen molar-refractivity contribution in [3.63, 3.8) is 0 Å². The van der Waals surface area contributed by atoms with Crippen LogP contribution in [0.3, 0.4) is 0 Å². The summed E-state index contributed by atoms with van der Waals surface area (Å²) in [5, 5.41) is 9.90. The molecular formula is C29H35N3O4. The van der Waals surface area contributed by atoms with Crippen LogP contribution in [0.15, 0.2) is 42.5 Å². The summed E-state index contributed by atoms with van der Waals surface area (Å²) in [4.78, 5) is 30.9. The van der Waals surface area contributed by atoms with E-state index in [2.05, 4.69) is 41.8 Å². The van der Waals surface area contributed by atoms with E-state index in [0.29, 0.717) is 0 Å². The fourth-order valence-corrected chi connectivity index (χ4v) is 6.23. The third-order valence-electron chi connectivity index (χ3n) is 8.11. The number of esters is 1. The fourth-order valence-electron chi connectivity index (χ4n) is 6.23. The Morgan fingerprint density at radius 1 is 1.08 bits per heavy atom. The Labute approximate surface area is 212 Å². The lowest BCUT2D eigenvalue weighted by atomic mass is 9.85. The summed E-state index contributed by atoms with van der Waals surface area (Å²) in [6, 6.07) is 14.7. The molecule has 2 aromatic carbocycles. The van der Waals surface area contributed by atoms with Crippen LogP contribution in [0.1, 0.15) is 74.9 Å². The first-order valence-corrected chi connectivity index (χ1v) is 13.1. The third-order valence-corrected chi connectivity index (χ3v) is 8.11. The lowest BCUT2D eigenvalue weighted by molar-refractivity contribution is -0.146. The maximum Gasteiger partial charge on any atom is 0.412 e. The number of imidazole rings is 1. The number of nitrogens with zero attached hydrogens (tertiary/aromatic N) is 3. The highest BCUT2D eigenvalue weighted by Gasteiger charge is 2.34. The zero-order chi connectivity index (χ0) is 25.4. The maximum absolute atomic E-state index is 12.1. The summed E-state index contributed by atoms with van der Waals surface area (Å²) in [6.45, 7) is 4.19. The second-order valence-corrected chi connectivity index (χ2v) is 10.4. The number of hydrogen-bond donors (Lipinski definition) is 1. The van der Waals surface area contributed by atoms with Crippen molar-refractivity contribution in [2.45, 2.75) is 76.8 Å². The minimum absolute atomic E-state index is 0.0374. The van der Waals surface area contributed by atoms with Gasteiger partial charge in [-0.1, -0.05) is 37.3 Å². The Balaban J connectivity index is 1.58. The van der Waals surface area contributed by atoms with Crippen molar-refractivity contribution in [1.82, 2.24) is 9.55 Å². The Hall–Kier alpha value is -3.35. The van der Waals surface area contributed by atoms with Crippen LogP contribution in [0.25, 0.3) is 11.0 Å². The van der Waals surface area contributed by atoms with E-state index in [1.54, 1.807) is 0 Å². The van der Waals surface area contributed by atoms with Crippen LogP contribution in [0.2, 0.25) is 0 Å². The van der Waals surface area contributed by atoms with Crippen LogP contribution in [-0.4, -0.2) is 39.9 Å². The highest BCUT2D eigenvalue weighted by Crippen LogP contribution is 2.41. The third kappa shape index (κ3) is 4.36. The largest absolute Gasteiger partial charge is 0.469 e. The number of anilines is 1. The predicted molar refractivity (Wildman–Crippen MR) is 140 cm³/mol. The average Bonchev–Trinajstić information content (AvgIpc) is 3.28. The molecule has 1 unspecified atom stereocenters. The molecule has 0 spiro atoms. The van der Waals surface area contributed by atoms with Gasteiger partial charge in [-0.2, -0.15) is 0 Å². The molecule has 7 heteroatoms. The molecule has 0 saturated heterocycles. The number of carboxylic acid groups (broad SMARTS) is 1. The number of fused-ring (bicyclic) bond motifs is 3. The van der Waals surface area contributed by atoms with Gasteiger partial charge in [0.05, 0.1) is 29.7 Å². The first kappa shape index (κ1) is 24.3. The van der Waals surface area contributed by atoms with Gasteiger partial charge in [-0.15, -0.1) is 0 Å². The molecule has 1 fully saturated rings. The molecule has 2 heterocycles. The summed E-state index contributed by atoms with van der Waals surface area (Å²) < 4.78 is 7.41. The molecule has 1 aromatic heterocycles. The number of carbonyl (C=O) groups is 2. The number of methoxy groups -OCH3 is 1. The summed E-state index contributed by atoms with van der Waals surface area (Å²) in [5.74, 6) is 1.08. The molecule has 1 amide bonds. The van der Waals surface area contributed by atoms with Gasteiger partial charge >= 0.3 is 12.1 Å². The average molecular weight is 490 g/mol. The normalized spacial score (nSPS) is 22.8. The Morgan fingerprint density at radius 3 is 2.47 bits per heavy atom. The number of aromatic nitrogens is 2. The molecule has 3 aromatic rings. The van der Waals surface area contributed by atoms with Gasteiger partial charge < -0.3 is 14.4 Å². The summed E-state index contributed by atoms with van der Waals surface area (Å²) in [5.41, 5.74) is 5.06. The molecule has 1 N–H and O–H groups in total. The van der Waals surface area contributed by atoms with Crippen LogP contribution in [0.4, 0.5) is 10.5 Å². The lowest BCUT2D eigenvalue weighted by Gasteiger charge is -2.33. The second kappa shape index (κ2) is 9.96. The molecule has 1 aliphatic carbocycles. The van der Waals surface area contributed by atoms with E-state index in [4.69, 9.17) is 9.72 Å². The summed E-state index contributed by atoms with van der Waals surface area (Å²) in [7, 11) is 1.46. The number of ether oxygens (including phenoxy) is 1. The van der Waals surface area contributed by atoms with Gasteiger partial charge in [-0.05, 0) is 69.6 Å². The highest BCUT2D eigenvalue weighted by molar-refractivity contribution is 5.94. The molecule has 2 aliphatic rings. The maximum atomic E-state index is 12.1. The molecule has 0 bridgehead atoms. The Kier molecular flexibility index (Phi) is 6.73. The van der Waals surface area contributed by atoms with E-state index in [1.807, 2.05) is 19.1 Å². The standard InChI is InChI=1S/C29H35N3O4/c1-18(17-20-7-5-4-6-8-20)27-30-26-23-14-9-19(2)31(29(34)35)24(23)15-16-25(26)32(27)22-12-10-21(11-13-22)28(33)36-3/h4-8,15-16,18-19,21-22H,9-14,17H2,1-3H3,(H,34,35)/t18?,19-,21?,22?/m0/s1. The molecule has 36 heavy (non-hydrogen) atoms. The van der Waals surface area contributed by atoms with E-state index in [9.17, 15) is 14.7 Å². The van der Waals surface area contributed by atoms with E-state index < -0.39 is 6.09 Å². The van der Waals surface area contributed by atoms with E-state index in [1.165, 1.54) is 17.6 Å². The number of hydrogen-bond acceptors (Lipinski definition) is 4. The number of amides is 1. The van der Waals surface area contributed by atoms with Gasteiger partial charge in [0.15, 0.2) is 0 Å². The Morgan fingerprint density at radius 2 is 1.81 bits per heavy atom. The topological polar surface area (TPSA) is 84.7 Å². The zero-order valence-electron chi connectivity index (χ0n) is 21.3. The Bertz CT molecular complexity index is 1260. The van der Waals surface area contributed by atoms with Crippen molar-refractivity contribution in [3.05, 3.63) is 59.4 Å². The van der Waals surface area contributed by atoms with Gasteiger partial charge in [0.1, 0.15) is 5.82 Å². The zero-order valence-corrected chi connectivity index (χ0v) is 21.3. The van der Waals surface area contributed by atoms with Crippen LogP contribution in [-0.2, 0) is 22.4 Å². The van der Waals surface area contributed by atoms with Crippen LogP contribution in [0.5, 0.6) is 0 Å². The molecule has 7 nitrogen and oxygen atoms in total. The van der Waals surface area contributed by atoms with Gasteiger partial charge in [-0.3, -0.25) is 9.69 Å². The fraction of sp³-hybridized carbons (Fsp3) is 0.483. The molecule has 1 aliphatic heterocycles. The highest BCUT2D eigenvalue weighted by atomic mass is 16.5. The quantitative estimate of drug-likeness (QED) is 0.437. The molecular weight excluding hydrogens is 454 g/mol. The van der Waals surface area contributed by atoms with Crippen molar-refractivity contribution in [2.75, 3.05) is 12.0 Å². The summed E-state index contributed by atoms with van der Waals surface area (Å²) >= 11 is 0. The van der Waals surface area contributed by atoms with Crippen molar-refractivity contribution in [1.29, 1.82) is 0 Å². The number of aryl methyl sites for hydroxylation is 1. The van der Waals surface area contributed by atoms with Crippen molar-refractivity contribution in [3.8, 4) is 0 Å². The minimum Gasteiger partial charge on any atom is -0.469 e. The van der Waals surface area contributed by atoms with Crippen LogP contribution >= 0.6 is 0 Å². The van der Waals surface area contributed by atoms with Gasteiger partial charge in [0, 0.05) is 23.6 Å². The molecule has 1 saturated carbocycles. The lowest BCUT2D eigenvalue weighted by Crippen LogP contribution is -2.41.